The fourth-order valence-electron chi connectivity index (χ4n) is 0.328. The lowest BCUT2D eigenvalue weighted by molar-refractivity contribution is 1.35. The van der Waals surface area contributed by atoms with Crippen LogP contribution in [0.2, 0.25) is 0 Å². The number of allylic oxidation sites excluding steroid dienone is 3. The van der Waals surface area contributed by atoms with Crippen molar-refractivity contribution in [2.75, 3.05) is 0 Å². The summed E-state index contributed by atoms with van der Waals surface area (Å²) in [6.45, 7) is 5.45. The molecule has 1 nitrogen and oxygen atoms in total. The maximum atomic E-state index is 6.76. The molecule has 0 amide bonds. The Hall–Kier alpha value is -0.850. The van der Waals surface area contributed by atoms with Crippen molar-refractivity contribution in [2.45, 2.75) is 13.3 Å². The summed E-state index contributed by atoms with van der Waals surface area (Å²) in [5, 5.41) is 6.76. The van der Waals surface area contributed by atoms with E-state index in [1.807, 2.05) is 19.1 Å². The van der Waals surface area contributed by atoms with Gasteiger partial charge in [-0.3, -0.25) is 0 Å². The van der Waals surface area contributed by atoms with Crippen molar-refractivity contribution in [3.05, 3.63) is 24.3 Å². The zero-order valence-electron chi connectivity index (χ0n) is 5.15. The maximum Gasteiger partial charge on any atom is 0.0203 e. The zero-order chi connectivity index (χ0) is 6.41. The zero-order valence-corrected chi connectivity index (χ0v) is 5.15. The summed E-state index contributed by atoms with van der Waals surface area (Å²) in [7, 11) is 0. The first-order valence-corrected chi connectivity index (χ1v) is 2.59. The number of nitrogens with one attached hydrogen (secondary N) is 1. The van der Waals surface area contributed by atoms with Gasteiger partial charge in [-0.2, -0.15) is 0 Å². The van der Waals surface area contributed by atoms with E-state index in [1.54, 1.807) is 0 Å². The van der Waals surface area contributed by atoms with Crippen molar-refractivity contribution in [2.24, 2.45) is 0 Å². The van der Waals surface area contributed by atoms with Gasteiger partial charge in [0.05, 0.1) is 0 Å². The molecule has 0 aliphatic heterocycles. The average Bonchev–Trinajstić information content (AvgIpc) is 1.83. The molecule has 0 rings (SSSR count). The third-order valence-electron chi connectivity index (χ3n) is 0.834. The molecule has 44 valence electrons. The quantitative estimate of drug-likeness (QED) is 0.424. The van der Waals surface area contributed by atoms with E-state index >= 15 is 0 Å². The molecule has 0 unspecified atom stereocenters. The molecule has 0 aromatic heterocycles. The molecule has 1 heteroatoms. The topological polar surface area (TPSA) is 23.9 Å². The summed E-state index contributed by atoms with van der Waals surface area (Å²) in [5.74, 6) is 0. The minimum Gasteiger partial charge on any atom is -0.308 e. The molecule has 0 atom stereocenters. The molecule has 0 heterocycles. The van der Waals surface area contributed by atoms with Crippen LogP contribution in [0.5, 0.6) is 0 Å². The molecule has 0 aromatic carbocycles. The molecule has 0 saturated heterocycles. The molecule has 8 heavy (non-hydrogen) atoms. The Morgan fingerprint density at radius 3 is 2.75 bits per heavy atom. The minimum absolute atomic E-state index is 0.862. The Kier molecular flexibility index (Phi) is 3.85. The van der Waals surface area contributed by atoms with Crippen molar-refractivity contribution in [1.29, 1.82) is 5.41 Å². The highest BCUT2D eigenvalue weighted by molar-refractivity contribution is 5.74. The lowest BCUT2D eigenvalue weighted by atomic mass is 10.2. The van der Waals surface area contributed by atoms with Gasteiger partial charge in [0, 0.05) is 6.21 Å². The van der Waals surface area contributed by atoms with Gasteiger partial charge < -0.3 is 5.41 Å². The molecule has 0 fully saturated rings. The molecule has 1 N–H and O–H groups in total. The predicted molar refractivity (Wildman–Crippen MR) is 37.4 cm³/mol. The second-order valence-electron chi connectivity index (χ2n) is 1.62. The van der Waals surface area contributed by atoms with E-state index in [2.05, 4.69) is 6.58 Å². The van der Waals surface area contributed by atoms with Crippen LogP contribution in [0, 0.1) is 5.41 Å². The molecular formula is C7H11N. The van der Waals surface area contributed by atoms with Crippen LogP contribution < -0.4 is 0 Å². The van der Waals surface area contributed by atoms with Gasteiger partial charge in [0.2, 0.25) is 0 Å². The van der Waals surface area contributed by atoms with Crippen LogP contribution in [-0.2, 0) is 0 Å². The molecule has 0 aromatic rings. The summed E-state index contributed by atoms with van der Waals surface area (Å²) in [6, 6.07) is 0. The van der Waals surface area contributed by atoms with Crippen LogP contribution in [0.25, 0.3) is 0 Å². The highest BCUT2D eigenvalue weighted by Crippen LogP contribution is 1.89. The van der Waals surface area contributed by atoms with Crippen molar-refractivity contribution < 1.29 is 0 Å². The number of hydrogen-bond donors (Lipinski definition) is 1. The van der Waals surface area contributed by atoms with Gasteiger partial charge in [-0.25, -0.2) is 0 Å². The van der Waals surface area contributed by atoms with Gasteiger partial charge in [0.25, 0.3) is 0 Å². The smallest absolute Gasteiger partial charge is 0.0203 e. The third kappa shape index (κ3) is 3.34. The molecule has 0 aliphatic rings. The van der Waals surface area contributed by atoms with Crippen LogP contribution in [0.15, 0.2) is 24.3 Å². The maximum absolute atomic E-state index is 6.76. The molecule has 0 bridgehead atoms. The number of hydrogen-bond acceptors (Lipinski definition) is 1. The van der Waals surface area contributed by atoms with Crippen LogP contribution in [0.1, 0.15) is 13.3 Å². The van der Waals surface area contributed by atoms with Crippen molar-refractivity contribution in [1.82, 2.24) is 0 Å². The fraction of sp³-hybridized carbons (Fsp3) is 0.286. The summed E-state index contributed by atoms with van der Waals surface area (Å²) in [4.78, 5) is 0. The molecule has 0 spiro atoms. The van der Waals surface area contributed by atoms with Crippen molar-refractivity contribution in [3.63, 3.8) is 0 Å². The van der Waals surface area contributed by atoms with Crippen LogP contribution >= 0.6 is 0 Å². The Morgan fingerprint density at radius 2 is 2.38 bits per heavy atom. The van der Waals surface area contributed by atoms with Crippen molar-refractivity contribution >= 4 is 6.21 Å². The SMILES string of the molecule is C=CCC=C(C)C=N. The van der Waals surface area contributed by atoms with Gasteiger partial charge in [0.1, 0.15) is 0 Å². The van der Waals surface area contributed by atoms with Crippen LogP contribution in [0.3, 0.4) is 0 Å². The Labute approximate surface area is 50.2 Å². The monoisotopic (exact) mass is 109 g/mol. The second-order valence-corrected chi connectivity index (χ2v) is 1.62. The summed E-state index contributed by atoms with van der Waals surface area (Å²) < 4.78 is 0. The van der Waals surface area contributed by atoms with Gasteiger partial charge in [-0.1, -0.05) is 12.2 Å². The van der Waals surface area contributed by atoms with E-state index in [-0.39, 0.29) is 0 Å². The van der Waals surface area contributed by atoms with E-state index < -0.39 is 0 Å². The first-order chi connectivity index (χ1) is 3.81. The van der Waals surface area contributed by atoms with Crippen molar-refractivity contribution in [3.8, 4) is 0 Å². The lowest BCUT2D eigenvalue weighted by Crippen LogP contribution is -1.71. The normalized spacial score (nSPS) is 10.9. The Balaban J connectivity index is 3.56. The van der Waals surface area contributed by atoms with Gasteiger partial charge in [0.15, 0.2) is 0 Å². The minimum atomic E-state index is 0.862. The average molecular weight is 109 g/mol. The fourth-order valence-corrected chi connectivity index (χ4v) is 0.328. The molecule has 0 aliphatic carbocycles. The molecular weight excluding hydrogens is 98.1 g/mol. The van der Waals surface area contributed by atoms with E-state index in [0.29, 0.717) is 0 Å². The first kappa shape index (κ1) is 7.15. The lowest BCUT2D eigenvalue weighted by Gasteiger charge is -1.83. The van der Waals surface area contributed by atoms with E-state index in [9.17, 15) is 0 Å². The van der Waals surface area contributed by atoms with E-state index in [1.165, 1.54) is 6.21 Å². The largest absolute Gasteiger partial charge is 0.308 e. The van der Waals surface area contributed by atoms with Crippen LogP contribution in [0.4, 0.5) is 0 Å². The summed E-state index contributed by atoms with van der Waals surface area (Å²) >= 11 is 0. The summed E-state index contributed by atoms with van der Waals surface area (Å²) in [6.07, 6.45) is 5.97. The van der Waals surface area contributed by atoms with Gasteiger partial charge in [-0.15, -0.1) is 6.58 Å². The Morgan fingerprint density at radius 1 is 1.75 bits per heavy atom. The molecule has 0 radical (unpaired) electrons. The summed E-state index contributed by atoms with van der Waals surface area (Å²) in [5.41, 5.74) is 0.991. The highest BCUT2D eigenvalue weighted by atomic mass is 14.3. The first-order valence-electron chi connectivity index (χ1n) is 2.59. The number of rotatable bonds is 3. The van der Waals surface area contributed by atoms with E-state index in [0.717, 1.165) is 12.0 Å². The van der Waals surface area contributed by atoms with Gasteiger partial charge >= 0.3 is 0 Å². The molecule has 0 saturated carbocycles. The highest BCUT2D eigenvalue weighted by Gasteiger charge is 1.75. The Bertz CT molecular complexity index is 112. The third-order valence-corrected chi connectivity index (χ3v) is 0.834. The van der Waals surface area contributed by atoms with Gasteiger partial charge in [-0.05, 0) is 18.9 Å². The van der Waals surface area contributed by atoms with Crippen LogP contribution in [-0.4, -0.2) is 6.21 Å². The van der Waals surface area contributed by atoms with E-state index in [4.69, 9.17) is 5.41 Å². The standard InChI is InChI=1S/C7H11N/c1-3-4-5-7(2)6-8/h3,5-6,8H,1,4H2,2H3. The second kappa shape index (κ2) is 4.31. The predicted octanol–water partition coefficient (Wildman–Crippen LogP) is 2.16.